The second kappa shape index (κ2) is 7.73. The molecule has 1 aliphatic carbocycles. The number of nitrogens with one attached hydrogen (secondary N) is 1. The summed E-state index contributed by atoms with van der Waals surface area (Å²) in [6.07, 6.45) is 10.6. The zero-order valence-electron chi connectivity index (χ0n) is 13.7. The van der Waals surface area contributed by atoms with Gasteiger partial charge in [-0.25, -0.2) is 9.97 Å². The molecular weight excluding hydrogens is 290 g/mol. The molecule has 2 aliphatic rings. The number of aromatic nitrogens is 2. The summed E-state index contributed by atoms with van der Waals surface area (Å²) in [5, 5.41) is 3.18. The van der Waals surface area contributed by atoms with E-state index in [0.717, 1.165) is 51.0 Å². The van der Waals surface area contributed by atoms with Crippen molar-refractivity contribution in [2.75, 3.05) is 25.4 Å². The van der Waals surface area contributed by atoms with Crippen molar-refractivity contribution in [3.05, 3.63) is 18.0 Å². The highest BCUT2D eigenvalue weighted by Gasteiger charge is 2.25. The largest absolute Gasteiger partial charge is 0.368 e. The molecule has 1 saturated heterocycles. The Balaban J connectivity index is 1.39. The van der Waals surface area contributed by atoms with Crippen molar-refractivity contribution in [2.45, 2.75) is 45.1 Å². The van der Waals surface area contributed by atoms with E-state index in [1.807, 2.05) is 0 Å². The van der Waals surface area contributed by atoms with Gasteiger partial charge in [0.15, 0.2) is 0 Å². The average Bonchev–Trinajstić information content (AvgIpc) is 3.03. The number of nitrogen functional groups attached to an aromatic ring is 1. The first-order valence-corrected chi connectivity index (χ1v) is 8.77. The first-order valence-electron chi connectivity index (χ1n) is 8.77. The van der Waals surface area contributed by atoms with Gasteiger partial charge in [0.05, 0.1) is 0 Å². The maximum absolute atomic E-state index is 12.2. The third kappa shape index (κ3) is 4.64. The fourth-order valence-corrected chi connectivity index (χ4v) is 3.68. The second-order valence-corrected chi connectivity index (χ2v) is 6.92. The van der Waals surface area contributed by atoms with Crippen LogP contribution in [-0.2, 0) is 11.3 Å². The van der Waals surface area contributed by atoms with Crippen LogP contribution in [0.25, 0.3) is 0 Å². The number of hydrogen-bond acceptors (Lipinski definition) is 5. The summed E-state index contributed by atoms with van der Waals surface area (Å²) in [6, 6.07) is 0. The quantitative estimate of drug-likeness (QED) is 0.861. The number of nitrogens with two attached hydrogens (primary N) is 1. The Kier molecular flexibility index (Phi) is 5.43. The van der Waals surface area contributed by atoms with E-state index < -0.39 is 0 Å². The van der Waals surface area contributed by atoms with E-state index in [4.69, 9.17) is 5.73 Å². The molecule has 1 atom stereocenters. The van der Waals surface area contributed by atoms with E-state index in [2.05, 4.69) is 20.2 Å². The fraction of sp³-hybridized carbons (Fsp3) is 0.706. The van der Waals surface area contributed by atoms with Gasteiger partial charge < -0.3 is 11.1 Å². The number of carbonyl (C=O) groups is 1. The van der Waals surface area contributed by atoms with Gasteiger partial charge in [0, 0.05) is 43.5 Å². The first-order chi connectivity index (χ1) is 11.2. The lowest BCUT2D eigenvalue weighted by molar-refractivity contribution is -0.126. The van der Waals surface area contributed by atoms with Crippen LogP contribution in [0.4, 0.5) is 5.95 Å². The molecule has 2 fully saturated rings. The smallest absolute Gasteiger partial charge is 0.223 e. The molecule has 23 heavy (non-hydrogen) atoms. The lowest BCUT2D eigenvalue weighted by Crippen LogP contribution is -2.36. The number of nitrogens with zero attached hydrogens (tertiary/aromatic N) is 3. The summed E-state index contributed by atoms with van der Waals surface area (Å²) >= 11 is 0. The Morgan fingerprint density at radius 1 is 1.22 bits per heavy atom. The van der Waals surface area contributed by atoms with Gasteiger partial charge in [-0.2, -0.15) is 0 Å². The summed E-state index contributed by atoms with van der Waals surface area (Å²) in [5.74, 6) is 1.40. The van der Waals surface area contributed by atoms with Crippen molar-refractivity contribution in [3.8, 4) is 0 Å². The van der Waals surface area contributed by atoms with Crippen LogP contribution in [0.15, 0.2) is 12.4 Å². The zero-order chi connectivity index (χ0) is 16.1. The number of amides is 1. The Hall–Kier alpha value is -1.69. The molecule has 0 spiro atoms. The number of rotatable bonds is 5. The Morgan fingerprint density at radius 3 is 2.70 bits per heavy atom. The molecule has 6 nitrogen and oxygen atoms in total. The van der Waals surface area contributed by atoms with Crippen molar-refractivity contribution < 1.29 is 4.79 Å². The highest BCUT2D eigenvalue weighted by Crippen LogP contribution is 2.24. The predicted octanol–water partition coefficient (Wildman–Crippen LogP) is 1.58. The summed E-state index contributed by atoms with van der Waals surface area (Å²) in [5.41, 5.74) is 6.60. The van der Waals surface area contributed by atoms with Crippen LogP contribution in [0.5, 0.6) is 0 Å². The SMILES string of the molecule is Nc1ncc(CN2CC[C@H](CNC(=O)C3CCCCC3)C2)cn1. The third-order valence-electron chi connectivity index (χ3n) is 5.04. The maximum atomic E-state index is 12.2. The highest BCUT2D eigenvalue weighted by molar-refractivity contribution is 5.78. The van der Waals surface area contributed by atoms with E-state index in [1.165, 1.54) is 19.3 Å². The Bertz CT molecular complexity index is 512. The first kappa shape index (κ1) is 16.2. The minimum Gasteiger partial charge on any atom is -0.368 e. The van der Waals surface area contributed by atoms with Crippen LogP contribution in [0, 0.1) is 11.8 Å². The molecule has 1 aromatic heterocycles. The van der Waals surface area contributed by atoms with Gasteiger partial charge in [-0.15, -0.1) is 0 Å². The molecule has 1 aliphatic heterocycles. The molecule has 0 unspecified atom stereocenters. The molecule has 126 valence electrons. The van der Waals surface area contributed by atoms with E-state index in [0.29, 0.717) is 11.9 Å². The van der Waals surface area contributed by atoms with Crippen molar-refractivity contribution in [2.24, 2.45) is 11.8 Å². The molecule has 0 bridgehead atoms. The molecule has 1 saturated carbocycles. The van der Waals surface area contributed by atoms with E-state index >= 15 is 0 Å². The lowest BCUT2D eigenvalue weighted by Gasteiger charge is -2.22. The van der Waals surface area contributed by atoms with Crippen LogP contribution < -0.4 is 11.1 Å². The number of likely N-dealkylation sites (tertiary alicyclic amines) is 1. The zero-order valence-corrected chi connectivity index (χ0v) is 13.7. The van der Waals surface area contributed by atoms with Gasteiger partial charge in [0.2, 0.25) is 11.9 Å². The molecule has 0 radical (unpaired) electrons. The van der Waals surface area contributed by atoms with E-state index in [9.17, 15) is 4.79 Å². The molecule has 6 heteroatoms. The van der Waals surface area contributed by atoms with Crippen LogP contribution in [-0.4, -0.2) is 40.4 Å². The molecular formula is C17H27N5O. The normalized spacial score (nSPS) is 23.0. The van der Waals surface area contributed by atoms with Gasteiger partial charge >= 0.3 is 0 Å². The Labute approximate surface area is 137 Å². The number of hydrogen-bond donors (Lipinski definition) is 2. The van der Waals surface area contributed by atoms with Crippen molar-refractivity contribution >= 4 is 11.9 Å². The van der Waals surface area contributed by atoms with Crippen LogP contribution >= 0.6 is 0 Å². The summed E-state index contributed by atoms with van der Waals surface area (Å²) < 4.78 is 0. The number of carbonyl (C=O) groups excluding carboxylic acids is 1. The standard InChI is InChI=1S/C17H27N5O/c18-17-20-9-14(10-21-17)12-22-7-6-13(11-22)8-19-16(23)15-4-2-1-3-5-15/h9-10,13,15H,1-8,11-12H2,(H,19,23)(H2,18,20,21)/t13-/m1/s1. The monoisotopic (exact) mass is 317 g/mol. The third-order valence-corrected chi connectivity index (χ3v) is 5.04. The minimum absolute atomic E-state index is 0.258. The average molecular weight is 317 g/mol. The molecule has 1 amide bonds. The summed E-state index contributed by atoms with van der Waals surface area (Å²) in [6.45, 7) is 3.75. The summed E-state index contributed by atoms with van der Waals surface area (Å²) in [4.78, 5) is 22.7. The second-order valence-electron chi connectivity index (χ2n) is 6.92. The molecule has 0 aromatic carbocycles. The maximum Gasteiger partial charge on any atom is 0.223 e. The van der Waals surface area contributed by atoms with Gasteiger partial charge in [-0.05, 0) is 31.7 Å². The fourth-order valence-electron chi connectivity index (χ4n) is 3.68. The summed E-state index contributed by atoms with van der Waals surface area (Å²) in [7, 11) is 0. The van der Waals surface area contributed by atoms with Crippen LogP contribution in [0.3, 0.4) is 0 Å². The van der Waals surface area contributed by atoms with E-state index in [-0.39, 0.29) is 11.8 Å². The number of anilines is 1. The van der Waals surface area contributed by atoms with Crippen molar-refractivity contribution in [1.29, 1.82) is 0 Å². The lowest BCUT2D eigenvalue weighted by atomic mass is 9.88. The van der Waals surface area contributed by atoms with Crippen molar-refractivity contribution in [3.63, 3.8) is 0 Å². The van der Waals surface area contributed by atoms with Gasteiger partial charge in [0.1, 0.15) is 0 Å². The van der Waals surface area contributed by atoms with Crippen molar-refractivity contribution in [1.82, 2.24) is 20.2 Å². The van der Waals surface area contributed by atoms with Gasteiger partial charge in [0.25, 0.3) is 0 Å². The predicted molar refractivity (Wildman–Crippen MR) is 89.4 cm³/mol. The molecule has 3 rings (SSSR count). The van der Waals surface area contributed by atoms with E-state index in [1.54, 1.807) is 12.4 Å². The molecule has 2 heterocycles. The molecule has 1 aromatic rings. The van der Waals surface area contributed by atoms with Gasteiger partial charge in [-0.1, -0.05) is 19.3 Å². The minimum atomic E-state index is 0.258. The Morgan fingerprint density at radius 2 is 1.96 bits per heavy atom. The highest BCUT2D eigenvalue weighted by atomic mass is 16.1. The molecule has 3 N–H and O–H groups in total. The van der Waals surface area contributed by atoms with Gasteiger partial charge in [-0.3, -0.25) is 9.69 Å². The van der Waals surface area contributed by atoms with Crippen LogP contribution in [0.2, 0.25) is 0 Å². The topological polar surface area (TPSA) is 84.1 Å². The van der Waals surface area contributed by atoms with Crippen LogP contribution in [0.1, 0.15) is 44.1 Å².